The molecular weight excluding hydrogens is 396 g/mol. The molecule has 30 heavy (non-hydrogen) atoms. The van der Waals surface area contributed by atoms with Crippen LogP contribution in [0.15, 0.2) is 48.7 Å². The molecule has 1 atom stereocenters. The molecule has 0 spiro atoms. The van der Waals surface area contributed by atoms with E-state index in [4.69, 9.17) is 9.72 Å². The van der Waals surface area contributed by atoms with E-state index in [9.17, 15) is 4.79 Å². The summed E-state index contributed by atoms with van der Waals surface area (Å²) in [4.78, 5) is 29.1. The van der Waals surface area contributed by atoms with E-state index in [2.05, 4.69) is 29.0 Å². The van der Waals surface area contributed by atoms with Crippen LogP contribution in [0.2, 0.25) is 0 Å². The summed E-state index contributed by atoms with van der Waals surface area (Å²) in [5.41, 5.74) is 3.95. The van der Waals surface area contributed by atoms with E-state index in [-0.39, 0.29) is 12.0 Å². The normalized spacial score (nSPS) is 16.4. The standard InChI is InChI=1S/C23H22N4O2S/c1-2-15-7-5-11-20-21(15)26-23(30-20)27(14-16-8-6-12-29-16)22(28)19-13-24-17-9-3-4-10-18(17)25-19/h3-5,7,9-11,13,16H,2,6,8,12,14H2,1H3. The monoisotopic (exact) mass is 418 g/mol. The number of hydrogen-bond acceptors (Lipinski definition) is 6. The van der Waals surface area contributed by atoms with Gasteiger partial charge in [0.25, 0.3) is 5.91 Å². The lowest BCUT2D eigenvalue weighted by Crippen LogP contribution is -2.38. The van der Waals surface area contributed by atoms with Crippen molar-refractivity contribution < 1.29 is 9.53 Å². The smallest absolute Gasteiger partial charge is 0.280 e. The summed E-state index contributed by atoms with van der Waals surface area (Å²) in [6.45, 7) is 3.32. The Hall–Kier alpha value is -2.90. The summed E-state index contributed by atoms with van der Waals surface area (Å²) >= 11 is 1.54. The zero-order valence-electron chi connectivity index (χ0n) is 16.7. The molecule has 0 radical (unpaired) electrons. The van der Waals surface area contributed by atoms with E-state index >= 15 is 0 Å². The molecule has 152 valence electrons. The largest absolute Gasteiger partial charge is 0.376 e. The highest BCUT2D eigenvalue weighted by Gasteiger charge is 2.28. The lowest BCUT2D eigenvalue weighted by Gasteiger charge is -2.22. The zero-order valence-corrected chi connectivity index (χ0v) is 17.6. The number of carbonyl (C=O) groups excluding carboxylic acids is 1. The van der Waals surface area contributed by atoms with Crippen LogP contribution in [0, 0.1) is 0 Å². The van der Waals surface area contributed by atoms with Crippen molar-refractivity contribution in [2.45, 2.75) is 32.3 Å². The third-order valence-corrected chi connectivity index (χ3v) is 6.47. The molecular formula is C23H22N4O2S. The molecule has 1 fully saturated rings. The van der Waals surface area contributed by atoms with E-state index in [0.29, 0.717) is 22.9 Å². The summed E-state index contributed by atoms with van der Waals surface area (Å²) in [6, 6.07) is 13.8. The minimum absolute atomic E-state index is 0.0139. The van der Waals surface area contributed by atoms with Gasteiger partial charge in [0.2, 0.25) is 0 Å². The Morgan fingerprint density at radius 1 is 1.17 bits per heavy atom. The maximum Gasteiger partial charge on any atom is 0.280 e. The molecule has 5 rings (SSSR count). The molecule has 1 aliphatic rings. The summed E-state index contributed by atoms with van der Waals surface area (Å²) in [6.07, 6.45) is 4.43. The molecule has 0 aliphatic carbocycles. The first-order valence-corrected chi connectivity index (χ1v) is 11.1. The predicted octanol–water partition coefficient (Wildman–Crippen LogP) is 4.63. The molecule has 4 aromatic rings. The number of hydrogen-bond donors (Lipinski definition) is 0. The third-order valence-electron chi connectivity index (χ3n) is 5.43. The van der Waals surface area contributed by atoms with Gasteiger partial charge in [-0.05, 0) is 43.0 Å². The van der Waals surface area contributed by atoms with Crippen molar-refractivity contribution in [2.24, 2.45) is 0 Å². The maximum atomic E-state index is 13.5. The van der Waals surface area contributed by atoms with Crippen molar-refractivity contribution in [2.75, 3.05) is 18.1 Å². The van der Waals surface area contributed by atoms with Gasteiger partial charge < -0.3 is 4.74 Å². The second-order valence-corrected chi connectivity index (χ2v) is 8.42. The third kappa shape index (κ3) is 3.55. The average molecular weight is 419 g/mol. The van der Waals surface area contributed by atoms with Crippen molar-refractivity contribution in [3.63, 3.8) is 0 Å². The molecule has 6 nitrogen and oxygen atoms in total. The summed E-state index contributed by atoms with van der Waals surface area (Å²) in [7, 11) is 0. The Morgan fingerprint density at radius 3 is 2.83 bits per heavy atom. The van der Waals surface area contributed by atoms with Crippen LogP contribution in [0.25, 0.3) is 21.3 Å². The van der Waals surface area contributed by atoms with Crippen LogP contribution in [0.1, 0.15) is 35.8 Å². The maximum absolute atomic E-state index is 13.5. The molecule has 1 saturated heterocycles. The zero-order chi connectivity index (χ0) is 20.5. The number of carbonyl (C=O) groups is 1. The van der Waals surface area contributed by atoms with Gasteiger partial charge in [-0.1, -0.05) is 42.5 Å². The average Bonchev–Trinajstić information content (AvgIpc) is 3.46. The fraction of sp³-hybridized carbons (Fsp3) is 0.304. The van der Waals surface area contributed by atoms with Gasteiger partial charge >= 0.3 is 0 Å². The minimum Gasteiger partial charge on any atom is -0.376 e. The van der Waals surface area contributed by atoms with Gasteiger partial charge in [-0.2, -0.15) is 0 Å². The molecule has 1 aliphatic heterocycles. The molecule has 2 aromatic heterocycles. The molecule has 7 heteroatoms. The number of thiazole rings is 1. The number of ether oxygens (including phenoxy) is 1. The first kappa shape index (κ1) is 19.1. The van der Waals surface area contributed by atoms with Gasteiger partial charge in [-0.25, -0.2) is 9.97 Å². The highest BCUT2D eigenvalue weighted by Crippen LogP contribution is 2.32. The first-order chi connectivity index (χ1) is 14.7. The number of benzene rings is 2. The topological polar surface area (TPSA) is 68.2 Å². The summed E-state index contributed by atoms with van der Waals surface area (Å²) in [5, 5.41) is 0.682. The number of anilines is 1. The van der Waals surface area contributed by atoms with Crippen LogP contribution in [0.5, 0.6) is 0 Å². The molecule has 2 aromatic carbocycles. The Labute approximate surface area is 178 Å². The molecule has 0 saturated carbocycles. The van der Waals surface area contributed by atoms with Crippen LogP contribution in [-0.4, -0.2) is 40.1 Å². The quantitative estimate of drug-likeness (QED) is 0.473. The second-order valence-electron chi connectivity index (χ2n) is 7.41. The van der Waals surface area contributed by atoms with Gasteiger partial charge in [0.05, 0.1) is 40.1 Å². The molecule has 3 heterocycles. The van der Waals surface area contributed by atoms with Crippen molar-refractivity contribution in [1.29, 1.82) is 0 Å². The first-order valence-electron chi connectivity index (χ1n) is 10.3. The second kappa shape index (κ2) is 8.08. The van der Waals surface area contributed by atoms with Gasteiger partial charge in [-0.15, -0.1) is 0 Å². The van der Waals surface area contributed by atoms with Crippen molar-refractivity contribution in [3.05, 3.63) is 59.9 Å². The van der Waals surface area contributed by atoms with Crippen molar-refractivity contribution in [3.8, 4) is 0 Å². The van der Waals surface area contributed by atoms with Gasteiger partial charge in [0, 0.05) is 6.61 Å². The fourth-order valence-electron chi connectivity index (χ4n) is 3.83. The van der Waals surface area contributed by atoms with E-state index in [0.717, 1.165) is 41.6 Å². The van der Waals surface area contributed by atoms with E-state index in [1.165, 1.54) is 16.9 Å². The number of nitrogens with zero attached hydrogens (tertiary/aromatic N) is 4. The number of aromatic nitrogens is 3. The highest BCUT2D eigenvalue weighted by molar-refractivity contribution is 7.22. The number of amides is 1. The number of aryl methyl sites for hydroxylation is 1. The number of rotatable bonds is 5. The molecule has 1 amide bonds. The van der Waals surface area contributed by atoms with Crippen molar-refractivity contribution >= 4 is 43.6 Å². The van der Waals surface area contributed by atoms with Crippen LogP contribution in [0.4, 0.5) is 5.13 Å². The van der Waals surface area contributed by atoms with E-state index < -0.39 is 0 Å². The fourth-order valence-corrected chi connectivity index (χ4v) is 4.85. The molecule has 0 bridgehead atoms. The summed E-state index contributed by atoms with van der Waals surface area (Å²) in [5.74, 6) is -0.194. The Balaban J connectivity index is 1.56. The van der Waals surface area contributed by atoms with Gasteiger partial charge in [-0.3, -0.25) is 14.7 Å². The number of fused-ring (bicyclic) bond motifs is 2. The predicted molar refractivity (Wildman–Crippen MR) is 119 cm³/mol. The van der Waals surface area contributed by atoms with Crippen molar-refractivity contribution in [1.82, 2.24) is 15.0 Å². The minimum atomic E-state index is -0.194. The molecule has 1 unspecified atom stereocenters. The Bertz CT molecular complexity index is 1220. The van der Waals surface area contributed by atoms with Crippen LogP contribution in [0.3, 0.4) is 0 Å². The van der Waals surface area contributed by atoms with Gasteiger partial charge in [0.15, 0.2) is 5.13 Å². The Morgan fingerprint density at radius 2 is 2.03 bits per heavy atom. The highest BCUT2D eigenvalue weighted by atomic mass is 32.1. The SMILES string of the molecule is CCc1cccc2sc(N(CC3CCCO3)C(=O)c3cnc4ccccc4n3)nc12. The number of para-hydroxylation sites is 3. The van der Waals surface area contributed by atoms with Crippen LogP contribution >= 0.6 is 11.3 Å². The van der Waals surface area contributed by atoms with E-state index in [1.807, 2.05) is 30.3 Å². The summed E-state index contributed by atoms with van der Waals surface area (Å²) < 4.78 is 6.91. The molecule has 0 N–H and O–H groups in total. The van der Waals surface area contributed by atoms with Crippen LogP contribution < -0.4 is 4.90 Å². The van der Waals surface area contributed by atoms with Gasteiger partial charge in [0.1, 0.15) is 5.69 Å². The lowest BCUT2D eigenvalue weighted by molar-refractivity contribution is 0.0913. The Kier molecular flexibility index (Phi) is 5.14. The van der Waals surface area contributed by atoms with E-state index in [1.54, 1.807) is 11.1 Å². The lowest BCUT2D eigenvalue weighted by atomic mass is 10.1. The van der Waals surface area contributed by atoms with Crippen LogP contribution in [-0.2, 0) is 11.2 Å².